The van der Waals surface area contributed by atoms with Gasteiger partial charge in [0.1, 0.15) is 0 Å². The van der Waals surface area contributed by atoms with Crippen LogP contribution in [0.3, 0.4) is 0 Å². The maximum absolute atomic E-state index is 12.3. The molecule has 0 spiro atoms. The number of nitrogens with one attached hydrogen (secondary N) is 1. The number of hydrogen-bond acceptors (Lipinski definition) is 3. The molecule has 0 unspecified atom stereocenters. The van der Waals surface area contributed by atoms with E-state index in [1.54, 1.807) is 0 Å². The molecule has 1 saturated carbocycles. The van der Waals surface area contributed by atoms with Crippen molar-refractivity contribution in [1.82, 2.24) is 4.90 Å². The molecular formula is C18H28N2O2. The Bertz CT molecular complexity index is 484. The largest absolute Gasteiger partial charge is 0.396 e. The van der Waals surface area contributed by atoms with Gasteiger partial charge in [-0.25, -0.2) is 0 Å². The van der Waals surface area contributed by atoms with E-state index in [4.69, 9.17) is 5.11 Å². The summed E-state index contributed by atoms with van der Waals surface area (Å²) >= 11 is 0. The van der Waals surface area contributed by atoms with Crippen LogP contribution in [0.25, 0.3) is 0 Å². The van der Waals surface area contributed by atoms with Crippen LogP contribution in [0.2, 0.25) is 0 Å². The standard InChI is InChI=1S/C18H28N2O2/c1-14(2)15-6-5-7-16(12-15)19-18(22)13-20(17-8-9-17)10-3-4-11-21/h5-7,12,14,17,21H,3-4,8-11,13H2,1-2H3,(H,19,22). The van der Waals surface area contributed by atoms with Crippen LogP contribution in [0.4, 0.5) is 5.69 Å². The third-order valence-electron chi connectivity index (χ3n) is 4.10. The first-order chi connectivity index (χ1) is 10.6. The molecule has 1 aromatic rings. The van der Waals surface area contributed by atoms with Gasteiger partial charge in [-0.15, -0.1) is 0 Å². The van der Waals surface area contributed by atoms with E-state index < -0.39 is 0 Å². The van der Waals surface area contributed by atoms with Crippen LogP contribution >= 0.6 is 0 Å². The summed E-state index contributed by atoms with van der Waals surface area (Å²) in [6.45, 7) is 5.87. The van der Waals surface area contributed by atoms with Crippen molar-refractivity contribution in [2.24, 2.45) is 0 Å². The molecule has 0 atom stereocenters. The molecule has 0 radical (unpaired) electrons. The molecule has 0 heterocycles. The summed E-state index contributed by atoms with van der Waals surface area (Å²) < 4.78 is 0. The lowest BCUT2D eigenvalue weighted by Gasteiger charge is -2.21. The number of aliphatic hydroxyl groups excluding tert-OH is 1. The lowest BCUT2D eigenvalue weighted by Crippen LogP contribution is -2.35. The lowest BCUT2D eigenvalue weighted by atomic mass is 10.0. The molecule has 22 heavy (non-hydrogen) atoms. The maximum Gasteiger partial charge on any atom is 0.238 e. The van der Waals surface area contributed by atoms with Gasteiger partial charge in [0.15, 0.2) is 0 Å². The van der Waals surface area contributed by atoms with E-state index >= 15 is 0 Å². The van der Waals surface area contributed by atoms with Gasteiger partial charge in [-0.05, 0) is 55.8 Å². The molecule has 0 aliphatic heterocycles. The first kappa shape index (κ1) is 17.0. The van der Waals surface area contributed by atoms with Crippen LogP contribution in [-0.2, 0) is 4.79 Å². The normalized spacial score (nSPS) is 14.6. The number of aliphatic hydroxyl groups is 1. The Kier molecular flexibility index (Phi) is 6.40. The molecule has 2 N–H and O–H groups in total. The molecule has 4 nitrogen and oxygen atoms in total. The summed E-state index contributed by atoms with van der Waals surface area (Å²) in [6, 6.07) is 8.63. The van der Waals surface area contributed by atoms with Gasteiger partial charge < -0.3 is 10.4 Å². The number of benzene rings is 1. The Morgan fingerprint density at radius 2 is 2.14 bits per heavy atom. The minimum Gasteiger partial charge on any atom is -0.396 e. The fraction of sp³-hybridized carbons (Fsp3) is 0.611. The molecule has 1 fully saturated rings. The summed E-state index contributed by atoms with van der Waals surface area (Å²) in [5.41, 5.74) is 2.11. The summed E-state index contributed by atoms with van der Waals surface area (Å²) in [5.74, 6) is 0.509. The van der Waals surface area contributed by atoms with E-state index in [0.717, 1.165) is 25.1 Å². The SMILES string of the molecule is CC(C)c1cccc(NC(=O)CN(CCCCO)C2CC2)c1. The van der Waals surface area contributed by atoms with Gasteiger partial charge in [0, 0.05) is 18.3 Å². The number of anilines is 1. The van der Waals surface area contributed by atoms with Crippen LogP contribution in [0, 0.1) is 0 Å². The zero-order chi connectivity index (χ0) is 15.9. The van der Waals surface area contributed by atoms with Gasteiger partial charge in [0.2, 0.25) is 5.91 Å². The third-order valence-corrected chi connectivity index (χ3v) is 4.10. The van der Waals surface area contributed by atoms with Crippen molar-refractivity contribution in [3.63, 3.8) is 0 Å². The number of carbonyl (C=O) groups is 1. The second-order valence-electron chi connectivity index (χ2n) is 6.46. The predicted molar refractivity (Wildman–Crippen MR) is 90.1 cm³/mol. The average molecular weight is 304 g/mol. The number of amides is 1. The average Bonchev–Trinajstić information content (AvgIpc) is 3.31. The van der Waals surface area contributed by atoms with Crippen molar-refractivity contribution in [2.75, 3.05) is 25.0 Å². The zero-order valence-corrected chi connectivity index (χ0v) is 13.7. The quantitative estimate of drug-likeness (QED) is 0.690. The predicted octanol–water partition coefficient (Wildman–Crippen LogP) is 2.99. The van der Waals surface area contributed by atoms with E-state index in [1.165, 1.54) is 18.4 Å². The van der Waals surface area contributed by atoms with Gasteiger partial charge in [0.05, 0.1) is 6.54 Å². The highest BCUT2D eigenvalue weighted by atomic mass is 16.2. The van der Waals surface area contributed by atoms with Gasteiger partial charge in [0.25, 0.3) is 0 Å². The molecule has 1 amide bonds. The number of carbonyl (C=O) groups excluding carboxylic acids is 1. The Morgan fingerprint density at radius 1 is 1.36 bits per heavy atom. The Hall–Kier alpha value is -1.39. The summed E-state index contributed by atoms with van der Waals surface area (Å²) in [4.78, 5) is 14.5. The fourth-order valence-electron chi connectivity index (χ4n) is 2.62. The highest BCUT2D eigenvalue weighted by molar-refractivity contribution is 5.92. The van der Waals surface area contributed by atoms with Gasteiger partial charge >= 0.3 is 0 Å². The van der Waals surface area contributed by atoms with Gasteiger partial charge in [-0.3, -0.25) is 9.69 Å². The summed E-state index contributed by atoms with van der Waals surface area (Å²) in [5, 5.41) is 11.9. The molecular weight excluding hydrogens is 276 g/mol. The Morgan fingerprint density at radius 3 is 2.77 bits per heavy atom. The van der Waals surface area contributed by atoms with Crippen molar-refractivity contribution in [1.29, 1.82) is 0 Å². The van der Waals surface area contributed by atoms with Crippen LogP contribution in [-0.4, -0.2) is 41.7 Å². The monoisotopic (exact) mass is 304 g/mol. The molecule has 0 bridgehead atoms. The Labute approximate surface area is 133 Å². The molecule has 2 rings (SSSR count). The van der Waals surface area contributed by atoms with Crippen molar-refractivity contribution < 1.29 is 9.90 Å². The molecule has 4 heteroatoms. The smallest absolute Gasteiger partial charge is 0.238 e. The second kappa shape index (κ2) is 8.30. The minimum absolute atomic E-state index is 0.0526. The second-order valence-corrected chi connectivity index (χ2v) is 6.46. The van der Waals surface area contributed by atoms with Gasteiger partial charge in [-0.1, -0.05) is 26.0 Å². The number of unbranched alkanes of at least 4 members (excludes halogenated alkanes) is 1. The highest BCUT2D eigenvalue weighted by Crippen LogP contribution is 2.27. The van der Waals surface area contributed by atoms with E-state index in [1.807, 2.05) is 12.1 Å². The topological polar surface area (TPSA) is 52.6 Å². The number of hydrogen-bond donors (Lipinski definition) is 2. The Balaban J connectivity index is 1.86. The first-order valence-corrected chi connectivity index (χ1v) is 8.35. The molecule has 1 aliphatic rings. The van der Waals surface area contributed by atoms with Crippen LogP contribution in [0.15, 0.2) is 24.3 Å². The number of rotatable bonds is 9. The number of nitrogens with zero attached hydrogens (tertiary/aromatic N) is 1. The van der Waals surface area contributed by atoms with Crippen LogP contribution < -0.4 is 5.32 Å². The summed E-state index contributed by atoms with van der Waals surface area (Å²) in [6.07, 6.45) is 4.13. The van der Waals surface area contributed by atoms with Crippen molar-refractivity contribution in [2.45, 2.75) is 51.5 Å². The fourth-order valence-corrected chi connectivity index (χ4v) is 2.62. The minimum atomic E-state index is 0.0526. The van der Waals surface area contributed by atoms with Gasteiger partial charge in [-0.2, -0.15) is 0 Å². The van der Waals surface area contributed by atoms with E-state index in [2.05, 4.69) is 36.2 Å². The summed E-state index contributed by atoms with van der Waals surface area (Å²) in [7, 11) is 0. The van der Waals surface area contributed by atoms with Crippen molar-refractivity contribution in [3.05, 3.63) is 29.8 Å². The van der Waals surface area contributed by atoms with Crippen LogP contribution in [0.5, 0.6) is 0 Å². The highest BCUT2D eigenvalue weighted by Gasteiger charge is 2.29. The molecule has 0 aromatic heterocycles. The zero-order valence-electron chi connectivity index (χ0n) is 13.7. The molecule has 1 aromatic carbocycles. The van der Waals surface area contributed by atoms with Crippen molar-refractivity contribution >= 4 is 11.6 Å². The first-order valence-electron chi connectivity index (χ1n) is 8.35. The van der Waals surface area contributed by atoms with E-state index in [0.29, 0.717) is 18.5 Å². The lowest BCUT2D eigenvalue weighted by molar-refractivity contribution is -0.117. The molecule has 0 saturated heterocycles. The molecule has 122 valence electrons. The van der Waals surface area contributed by atoms with Crippen molar-refractivity contribution in [3.8, 4) is 0 Å². The maximum atomic E-state index is 12.3. The van der Waals surface area contributed by atoms with E-state index in [9.17, 15) is 4.79 Å². The van der Waals surface area contributed by atoms with E-state index in [-0.39, 0.29) is 12.5 Å². The van der Waals surface area contributed by atoms with Crippen LogP contribution in [0.1, 0.15) is 51.0 Å². The third kappa shape index (κ3) is 5.43. The molecule has 1 aliphatic carbocycles.